The summed E-state index contributed by atoms with van der Waals surface area (Å²) >= 11 is 0. The number of benzene rings is 9. The molecule has 0 unspecified atom stereocenters. The molecule has 0 heterocycles. The first-order chi connectivity index (χ1) is 33.5. The Morgan fingerprint density at radius 1 is 0.338 bits per heavy atom. The van der Waals surface area contributed by atoms with Crippen LogP contribution in [-0.2, 0) is 10.8 Å². The lowest BCUT2D eigenvalue weighted by Crippen LogP contribution is -2.55. The van der Waals surface area contributed by atoms with E-state index in [9.17, 15) is 0 Å². The predicted octanol–water partition coefficient (Wildman–Crippen LogP) is 17.9. The highest BCUT2D eigenvalue weighted by Crippen LogP contribution is 2.70. The monoisotopic (exact) mass is 873 g/mol. The van der Waals surface area contributed by atoms with Gasteiger partial charge in [-0.3, -0.25) is 0 Å². The Morgan fingerprint density at radius 3 is 1.54 bits per heavy atom. The second-order valence-electron chi connectivity index (χ2n) is 21.2. The molecule has 0 aliphatic heterocycles. The van der Waals surface area contributed by atoms with Crippen LogP contribution in [0, 0.1) is 23.7 Å². The molecule has 0 aromatic heterocycles. The van der Waals surface area contributed by atoms with Gasteiger partial charge in [0.15, 0.2) is 0 Å². The maximum atomic E-state index is 2.66. The first-order valence-corrected chi connectivity index (χ1v) is 25.2. The van der Waals surface area contributed by atoms with Crippen molar-refractivity contribution < 1.29 is 0 Å². The second-order valence-corrected chi connectivity index (χ2v) is 21.2. The molecular weight excluding hydrogens is 819 g/mol. The zero-order valence-electron chi connectivity index (χ0n) is 39.0. The van der Waals surface area contributed by atoms with Gasteiger partial charge in [-0.1, -0.05) is 196 Å². The van der Waals surface area contributed by atoms with Crippen molar-refractivity contribution in [3.8, 4) is 66.8 Å². The Hall–Kier alpha value is -7.22. The Bertz CT molecular complexity index is 3430. The van der Waals surface area contributed by atoms with Crippen LogP contribution >= 0.6 is 0 Å². The van der Waals surface area contributed by atoms with E-state index in [1.54, 1.807) is 11.1 Å². The summed E-state index contributed by atoms with van der Waals surface area (Å²) in [5.74, 6) is 3.14. The van der Waals surface area contributed by atoms with E-state index in [0.29, 0.717) is 11.8 Å². The molecule has 4 fully saturated rings. The minimum atomic E-state index is -0.132. The highest BCUT2D eigenvalue weighted by Gasteiger charge is 2.61. The summed E-state index contributed by atoms with van der Waals surface area (Å²) in [6, 6.07) is 80.5. The van der Waals surface area contributed by atoms with Crippen LogP contribution in [0.2, 0.25) is 0 Å². The number of hydrogen-bond donors (Lipinski definition) is 0. The van der Waals surface area contributed by atoms with Crippen molar-refractivity contribution in [1.82, 2.24) is 0 Å². The van der Waals surface area contributed by atoms with E-state index in [1.165, 1.54) is 121 Å². The van der Waals surface area contributed by atoms with Crippen molar-refractivity contribution in [3.63, 3.8) is 0 Å². The zero-order chi connectivity index (χ0) is 45.1. The Kier molecular flexibility index (Phi) is 8.89. The van der Waals surface area contributed by atoms with Crippen LogP contribution in [0.4, 0.5) is 17.1 Å². The summed E-state index contributed by atoms with van der Waals surface area (Å²) in [7, 11) is 0. The molecule has 0 amide bonds. The fraction of sp³-hybridized carbons (Fsp3) is 0.194. The van der Waals surface area contributed by atoms with Crippen LogP contribution in [-0.4, -0.2) is 0 Å². The lowest BCUT2D eigenvalue weighted by Gasteiger charge is -2.61. The van der Waals surface area contributed by atoms with Crippen LogP contribution in [0.3, 0.4) is 0 Å². The van der Waals surface area contributed by atoms with Crippen molar-refractivity contribution in [2.45, 2.75) is 56.8 Å². The van der Waals surface area contributed by atoms with Crippen LogP contribution in [0.25, 0.3) is 66.8 Å². The molecule has 1 nitrogen and oxygen atoms in total. The number of hydrogen-bond acceptors (Lipinski definition) is 1. The summed E-state index contributed by atoms with van der Waals surface area (Å²) in [5.41, 5.74) is 25.0. The molecule has 15 rings (SSSR count). The minimum Gasteiger partial charge on any atom is -0.310 e. The lowest BCUT2D eigenvalue weighted by atomic mass is 9.43. The van der Waals surface area contributed by atoms with Crippen LogP contribution in [0.5, 0.6) is 0 Å². The van der Waals surface area contributed by atoms with Gasteiger partial charge in [0.25, 0.3) is 0 Å². The molecule has 4 saturated carbocycles. The average Bonchev–Trinajstić information content (AvgIpc) is 3.81. The standard InChI is InChI=1S/C67H55N/c1-66(2)61-31-13-10-27-57(61)60-30-17-29-52(65(60)66)46-20-16-21-49(41-46)68(50-34-35-58-56-26-11-14-32-62(56)67(63(58)42-50)47-37-43-36-44(39-47)40-48(67)38-43)64-33-15-12-28-59(64)55-25-9-8-24-54(55)53-23-7-6-22-51(53)45-18-4-3-5-19-45/h3-35,41-44,47-48H,36-40H2,1-2H3. The van der Waals surface area contributed by atoms with E-state index in [2.05, 4.69) is 231 Å². The van der Waals surface area contributed by atoms with E-state index in [4.69, 9.17) is 0 Å². The fourth-order valence-electron chi connectivity index (χ4n) is 15.0. The van der Waals surface area contributed by atoms with Crippen molar-refractivity contribution >= 4 is 17.1 Å². The third-order valence-electron chi connectivity index (χ3n) is 17.5. The maximum Gasteiger partial charge on any atom is 0.0540 e. The third-order valence-corrected chi connectivity index (χ3v) is 17.5. The van der Waals surface area contributed by atoms with Crippen LogP contribution in [0.15, 0.2) is 212 Å². The summed E-state index contributed by atoms with van der Waals surface area (Å²) in [6.45, 7) is 4.81. The van der Waals surface area contributed by atoms with Crippen LogP contribution in [0.1, 0.15) is 68.2 Å². The molecule has 68 heavy (non-hydrogen) atoms. The summed E-state index contributed by atoms with van der Waals surface area (Å²) in [5, 5.41) is 0. The van der Waals surface area contributed by atoms with Crippen molar-refractivity contribution in [2.75, 3.05) is 4.90 Å². The van der Waals surface area contributed by atoms with Gasteiger partial charge >= 0.3 is 0 Å². The highest BCUT2D eigenvalue weighted by molar-refractivity contribution is 5.98. The molecule has 9 aromatic carbocycles. The minimum absolute atomic E-state index is 0.0569. The van der Waals surface area contributed by atoms with Gasteiger partial charge in [0, 0.05) is 27.8 Å². The molecule has 0 radical (unpaired) electrons. The number of rotatable bonds is 7. The normalized spacial score (nSPS) is 21.9. The molecule has 6 aliphatic carbocycles. The smallest absolute Gasteiger partial charge is 0.0540 e. The second kappa shape index (κ2) is 15.1. The molecule has 0 saturated heterocycles. The maximum absolute atomic E-state index is 2.66. The Labute approximate surface area is 401 Å². The van der Waals surface area contributed by atoms with Crippen LogP contribution < -0.4 is 4.90 Å². The Balaban J connectivity index is 0.992. The molecule has 328 valence electrons. The van der Waals surface area contributed by atoms with Crippen molar-refractivity contribution in [1.29, 1.82) is 0 Å². The summed E-state index contributed by atoms with van der Waals surface area (Å²) < 4.78 is 0. The van der Waals surface area contributed by atoms with E-state index < -0.39 is 0 Å². The average molecular weight is 874 g/mol. The first-order valence-electron chi connectivity index (χ1n) is 25.2. The van der Waals surface area contributed by atoms with Gasteiger partial charge in [-0.15, -0.1) is 0 Å². The number of anilines is 3. The molecule has 1 spiro atoms. The van der Waals surface area contributed by atoms with Gasteiger partial charge in [0.05, 0.1) is 5.69 Å². The largest absolute Gasteiger partial charge is 0.310 e. The summed E-state index contributed by atoms with van der Waals surface area (Å²) in [4.78, 5) is 2.61. The lowest BCUT2D eigenvalue weighted by molar-refractivity contribution is -0.0399. The molecule has 4 bridgehead atoms. The SMILES string of the molecule is CC1(C)c2ccccc2-c2cccc(-c3cccc(N(c4ccc5c(c4)C4(c6ccccc6-5)C5CC6CC(C5)CC4C6)c4ccccc4-c4ccccc4-c4ccccc4-c4ccccc4)c3)c21. The number of nitrogens with zero attached hydrogens (tertiary/aromatic N) is 1. The number of fused-ring (bicyclic) bond motifs is 6. The molecule has 6 aliphatic rings. The topological polar surface area (TPSA) is 3.24 Å². The van der Waals surface area contributed by atoms with E-state index in [0.717, 1.165) is 17.5 Å². The highest BCUT2D eigenvalue weighted by atomic mass is 15.1. The van der Waals surface area contributed by atoms with E-state index in [-0.39, 0.29) is 10.8 Å². The fourth-order valence-corrected chi connectivity index (χ4v) is 15.0. The van der Waals surface area contributed by atoms with Gasteiger partial charge in [0.2, 0.25) is 0 Å². The molecule has 0 N–H and O–H groups in total. The molecule has 1 heteroatoms. The summed E-state index contributed by atoms with van der Waals surface area (Å²) in [6.07, 6.45) is 6.90. The van der Waals surface area contributed by atoms with Crippen molar-refractivity contribution in [2.24, 2.45) is 23.7 Å². The zero-order valence-corrected chi connectivity index (χ0v) is 39.0. The molecule has 9 aromatic rings. The molecular formula is C67H55N. The van der Waals surface area contributed by atoms with Gasteiger partial charge < -0.3 is 4.90 Å². The van der Waals surface area contributed by atoms with E-state index in [1.807, 2.05) is 0 Å². The van der Waals surface area contributed by atoms with E-state index >= 15 is 0 Å². The van der Waals surface area contributed by atoms with Gasteiger partial charge in [-0.05, 0) is 170 Å². The third kappa shape index (κ3) is 5.75. The molecule has 0 atom stereocenters. The van der Waals surface area contributed by atoms with Gasteiger partial charge in [0.1, 0.15) is 0 Å². The quantitative estimate of drug-likeness (QED) is 0.154. The number of para-hydroxylation sites is 1. The first kappa shape index (κ1) is 39.9. The predicted molar refractivity (Wildman–Crippen MR) is 284 cm³/mol. The van der Waals surface area contributed by atoms with Crippen molar-refractivity contribution in [3.05, 3.63) is 235 Å². The van der Waals surface area contributed by atoms with Gasteiger partial charge in [-0.2, -0.15) is 0 Å². The van der Waals surface area contributed by atoms with Gasteiger partial charge in [-0.25, -0.2) is 0 Å². The Morgan fingerprint density at radius 2 is 0.824 bits per heavy atom.